The van der Waals surface area contributed by atoms with Gasteiger partial charge in [-0.3, -0.25) is 4.79 Å². The van der Waals surface area contributed by atoms with Crippen molar-refractivity contribution in [3.63, 3.8) is 0 Å². The molecule has 0 aliphatic heterocycles. The first-order valence-corrected chi connectivity index (χ1v) is 6.08. The van der Waals surface area contributed by atoms with Gasteiger partial charge in [-0.1, -0.05) is 30.3 Å². The van der Waals surface area contributed by atoms with Crippen LogP contribution in [0.1, 0.15) is 44.4 Å². The van der Waals surface area contributed by atoms with Crippen molar-refractivity contribution in [1.82, 2.24) is 0 Å². The van der Waals surface area contributed by atoms with Gasteiger partial charge in [0, 0.05) is 12.8 Å². The standard InChI is InChI=1S/C15H12O4/c16-12-6-10(9-4-2-1-3-5-9)7-13-14(12)11(8-19-13)15(17)18/h1-5,8,10H,6-7H2,(H,17,18). The van der Waals surface area contributed by atoms with Crippen LogP contribution in [0.25, 0.3) is 0 Å². The molecule has 0 amide bonds. The van der Waals surface area contributed by atoms with Crippen molar-refractivity contribution < 1.29 is 19.1 Å². The van der Waals surface area contributed by atoms with Crippen LogP contribution in [0.5, 0.6) is 0 Å². The van der Waals surface area contributed by atoms with Gasteiger partial charge in [0.15, 0.2) is 5.78 Å². The van der Waals surface area contributed by atoms with Crippen LogP contribution < -0.4 is 0 Å². The van der Waals surface area contributed by atoms with Crippen LogP contribution in [0, 0.1) is 0 Å². The fourth-order valence-electron chi connectivity index (χ4n) is 2.59. The van der Waals surface area contributed by atoms with Crippen molar-refractivity contribution >= 4 is 11.8 Å². The Kier molecular flexibility index (Phi) is 2.71. The molecule has 4 heteroatoms. The molecule has 0 saturated heterocycles. The van der Waals surface area contributed by atoms with Crippen LogP contribution in [0.2, 0.25) is 0 Å². The second kappa shape index (κ2) is 4.39. The summed E-state index contributed by atoms with van der Waals surface area (Å²) in [5, 5.41) is 9.02. The normalized spacial score (nSPS) is 18.1. The zero-order valence-corrected chi connectivity index (χ0v) is 10.1. The number of hydrogen-bond acceptors (Lipinski definition) is 3. The predicted octanol–water partition coefficient (Wildman–Crippen LogP) is 2.89. The zero-order valence-electron chi connectivity index (χ0n) is 10.1. The minimum atomic E-state index is -1.11. The van der Waals surface area contributed by atoms with Gasteiger partial charge in [0.2, 0.25) is 0 Å². The van der Waals surface area contributed by atoms with E-state index in [1.165, 1.54) is 0 Å². The molecule has 1 aliphatic carbocycles. The number of rotatable bonds is 2. The molecule has 19 heavy (non-hydrogen) atoms. The highest BCUT2D eigenvalue weighted by atomic mass is 16.4. The van der Waals surface area contributed by atoms with Crippen LogP contribution in [0.15, 0.2) is 41.0 Å². The molecule has 1 aromatic heterocycles. The van der Waals surface area contributed by atoms with Gasteiger partial charge in [-0.2, -0.15) is 0 Å². The molecule has 0 radical (unpaired) electrons. The van der Waals surface area contributed by atoms with E-state index in [9.17, 15) is 9.59 Å². The van der Waals surface area contributed by atoms with Crippen LogP contribution in [0.4, 0.5) is 0 Å². The van der Waals surface area contributed by atoms with Crippen LogP contribution in [0.3, 0.4) is 0 Å². The van der Waals surface area contributed by atoms with Crippen LogP contribution in [-0.2, 0) is 6.42 Å². The minimum Gasteiger partial charge on any atom is -0.478 e. The SMILES string of the molecule is O=C(O)c1coc2c1C(=O)CC(c1ccccc1)C2. The van der Waals surface area contributed by atoms with E-state index in [-0.39, 0.29) is 22.8 Å². The van der Waals surface area contributed by atoms with E-state index in [0.717, 1.165) is 11.8 Å². The van der Waals surface area contributed by atoms with Crippen LogP contribution >= 0.6 is 0 Å². The Balaban J connectivity index is 1.98. The topological polar surface area (TPSA) is 67.5 Å². The van der Waals surface area contributed by atoms with Crippen LogP contribution in [-0.4, -0.2) is 16.9 Å². The van der Waals surface area contributed by atoms with Crippen molar-refractivity contribution in [3.05, 3.63) is 59.0 Å². The highest BCUT2D eigenvalue weighted by Crippen LogP contribution is 2.35. The van der Waals surface area contributed by atoms with E-state index in [2.05, 4.69) is 0 Å². The summed E-state index contributed by atoms with van der Waals surface area (Å²) in [5.41, 5.74) is 1.31. The van der Waals surface area contributed by atoms with Gasteiger partial charge in [-0.15, -0.1) is 0 Å². The van der Waals surface area contributed by atoms with Gasteiger partial charge in [0.05, 0.1) is 5.56 Å². The molecule has 0 bridgehead atoms. The third-order valence-corrected chi connectivity index (χ3v) is 3.51. The lowest BCUT2D eigenvalue weighted by atomic mass is 9.82. The Hall–Kier alpha value is -2.36. The molecule has 96 valence electrons. The molecular weight excluding hydrogens is 244 g/mol. The molecule has 1 heterocycles. The molecule has 3 rings (SSSR count). The average Bonchev–Trinajstić information content (AvgIpc) is 2.84. The highest BCUT2D eigenvalue weighted by molar-refractivity contribution is 6.07. The third-order valence-electron chi connectivity index (χ3n) is 3.51. The number of carbonyl (C=O) groups excluding carboxylic acids is 1. The van der Waals surface area contributed by atoms with E-state index in [0.29, 0.717) is 18.6 Å². The Labute approximate surface area is 109 Å². The molecule has 1 aliphatic rings. The average molecular weight is 256 g/mol. The Morgan fingerprint density at radius 1 is 1.21 bits per heavy atom. The van der Waals surface area contributed by atoms with Crippen molar-refractivity contribution in [2.45, 2.75) is 18.8 Å². The fraction of sp³-hybridized carbons (Fsp3) is 0.200. The van der Waals surface area contributed by atoms with Gasteiger partial charge in [0.1, 0.15) is 17.6 Å². The van der Waals surface area contributed by atoms with Crippen molar-refractivity contribution in [2.24, 2.45) is 0 Å². The lowest BCUT2D eigenvalue weighted by molar-refractivity contribution is 0.0691. The lowest BCUT2D eigenvalue weighted by Gasteiger charge is -2.20. The summed E-state index contributed by atoms with van der Waals surface area (Å²) in [5.74, 6) is -0.714. The molecule has 1 aromatic carbocycles. The Morgan fingerprint density at radius 3 is 2.63 bits per heavy atom. The van der Waals surface area contributed by atoms with E-state index in [4.69, 9.17) is 9.52 Å². The first kappa shape index (κ1) is 11.7. The summed E-state index contributed by atoms with van der Waals surface area (Å²) in [6.07, 6.45) is 2.06. The number of carboxylic acids is 1. The molecule has 1 unspecified atom stereocenters. The zero-order chi connectivity index (χ0) is 13.4. The summed E-state index contributed by atoms with van der Waals surface area (Å²) >= 11 is 0. The van der Waals surface area contributed by atoms with Crippen molar-refractivity contribution in [2.75, 3.05) is 0 Å². The van der Waals surface area contributed by atoms with Gasteiger partial charge in [-0.05, 0) is 11.5 Å². The predicted molar refractivity (Wildman–Crippen MR) is 67.5 cm³/mol. The van der Waals surface area contributed by atoms with Gasteiger partial charge < -0.3 is 9.52 Å². The number of benzene rings is 1. The number of aromatic carboxylic acids is 1. The quantitative estimate of drug-likeness (QED) is 0.897. The lowest BCUT2D eigenvalue weighted by Crippen LogP contribution is -2.19. The molecule has 4 nitrogen and oxygen atoms in total. The summed E-state index contributed by atoms with van der Waals surface area (Å²) in [7, 11) is 0. The molecule has 1 atom stereocenters. The summed E-state index contributed by atoms with van der Waals surface area (Å²) in [4.78, 5) is 23.2. The number of carbonyl (C=O) groups is 2. The van der Waals surface area contributed by atoms with E-state index >= 15 is 0 Å². The monoisotopic (exact) mass is 256 g/mol. The third kappa shape index (κ3) is 1.95. The smallest absolute Gasteiger partial charge is 0.339 e. The second-order valence-electron chi connectivity index (χ2n) is 4.69. The highest BCUT2D eigenvalue weighted by Gasteiger charge is 2.33. The van der Waals surface area contributed by atoms with Crippen molar-refractivity contribution in [1.29, 1.82) is 0 Å². The van der Waals surface area contributed by atoms with Crippen molar-refractivity contribution in [3.8, 4) is 0 Å². The molecule has 0 saturated carbocycles. The Bertz CT molecular complexity index is 639. The maximum atomic E-state index is 12.1. The Morgan fingerprint density at radius 2 is 1.95 bits per heavy atom. The van der Waals surface area contributed by atoms with E-state index < -0.39 is 5.97 Å². The number of carboxylic acid groups (broad SMARTS) is 1. The summed E-state index contributed by atoms with van der Waals surface area (Å²) in [6, 6.07) is 9.74. The fourth-order valence-corrected chi connectivity index (χ4v) is 2.59. The largest absolute Gasteiger partial charge is 0.478 e. The number of fused-ring (bicyclic) bond motifs is 1. The first-order chi connectivity index (χ1) is 9.16. The molecular formula is C15H12O4. The van der Waals surface area contributed by atoms with Gasteiger partial charge >= 0.3 is 5.97 Å². The minimum absolute atomic E-state index is 0.0217. The molecule has 0 fully saturated rings. The number of hydrogen-bond donors (Lipinski definition) is 1. The molecule has 1 N–H and O–H groups in total. The molecule has 0 spiro atoms. The summed E-state index contributed by atoms with van der Waals surface area (Å²) < 4.78 is 5.27. The first-order valence-electron chi connectivity index (χ1n) is 6.08. The summed E-state index contributed by atoms with van der Waals surface area (Å²) in [6.45, 7) is 0. The van der Waals surface area contributed by atoms with Gasteiger partial charge in [-0.25, -0.2) is 4.79 Å². The maximum absolute atomic E-state index is 12.1. The second-order valence-corrected chi connectivity index (χ2v) is 4.69. The number of ketones is 1. The molecule has 2 aromatic rings. The van der Waals surface area contributed by atoms with E-state index in [1.807, 2.05) is 30.3 Å². The number of Topliss-reactive ketones (excluding diaryl/α,β-unsaturated/α-hetero) is 1. The van der Waals surface area contributed by atoms with Gasteiger partial charge in [0.25, 0.3) is 0 Å². The maximum Gasteiger partial charge on any atom is 0.339 e. The van der Waals surface area contributed by atoms with E-state index in [1.54, 1.807) is 0 Å². The number of furan rings is 1.